The SMILES string of the molecule is Cc1cc2cc(N(Cl)S(=O)(=O)c3ccccc3)ccc2n1CCN(C)C. The molecule has 0 spiro atoms. The highest BCUT2D eigenvalue weighted by atomic mass is 35.5. The van der Waals surface area contributed by atoms with Crippen LogP contribution in [0.25, 0.3) is 10.9 Å². The number of aryl methyl sites for hydroxylation is 1. The van der Waals surface area contributed by atoms with Crippen molar-refractivity contribution in [3.8, 4) is 0 Å². The highest BCUT2D eigenvalue weighted by molar-refractivity contribution is 7.94. The molecule has 3 rings (SSSR count). The molecular formula is C19H22ClN3O2S. The molecule has 0 N–H and O–H groups in total. The third kappa shape index (κ3) is 3.58. The van der Waals surface area contributed by atoms with E-state index < -0.39 is 10.0 Å². The Kier molecular flexibility index (Phi) is 5.27. The zero-order valence-corrected chi connectivity index (χ0v) is 16.6. The van der Waals surface area contributed by atoms with Crippen LogP contribution in [-0.2, 0) is 16.6 Å². The molecule has 0 bridgehead atoms. The Bertz CT molecular complexity index is 1010. The zero-order chi connectivity index (χ0) is 18.9. The minimum absolute atomic E-state index is 0.162. The summed E-state index contributed by atoms with van der Waals surface area (Å²) in [6.07, 6.45) is 0. The van der Waals surface area contributed by atoms with E-state index in [0.717, 1.165) is 33.5 Å². The molecule has 0 aliphatic heterocycles. The highest BCUT2D eigenvalue weighted by Gasteiger charge is 2.23. The predicted molar refractivity (Wildman–Crippen MR) is 107 cm³/mol. The number of halogens is 1. The molecule has 0 fully saturated rings. The maximum Gasteiger partial charge on any atom is 0.278 e. The maximum absolute atomic E-state index is 12.7. The average molecular weight is 392 g/mol. The van der Waals surface area contributed by atoms with Crippen LogP contribution in [0.15, 0.2) is 59.5 Å². The monoisotopic (exact) mass is 391 g/mol. The predicted octanol–water partition coefficient (Wildman–Crippen LogP) is 3.86. The number of hydrogen-bond donors (Lipinski definition) is 0. The van der Waals surface area contributed by atoms with E-state index in [1.54, 1.807) is 24.3 Å². The van der Waals surface area contributed by atoms with E-state index >= 15 is 0 Å². The lowest BCUT2D eigenvalue weighted by Crippen LogP contribution is -2.21. The van der Waals surface area contributed by atoms with Crippen molar-refractivity contribution in [1.29, 1.82) is 0 Å². The molecule has 1 aromatic heterocycles. The first-order valence-corrected chi connectivity index (χ1v) is 10.1. The van der Waals surface area contributed by atoms with Gasteiger partial charge in [0, 0.05) is 41.5 Å². The first kappa shape index (κ1) is 18.8. The van der Waals surface area contributed by atoms with Gasteiger partial charge >= 0.3 is 0 Å². The van der Waals surface area contributed by atoms with Gasteiger partial charge in [0.1, 0.15) is 0 Å². The summed E-state index contributed by atoms with van der Waals surface area (Å²) >= 11 is 6.21. The molecule has 5 nitrogen and oxygen atoms in total. The normalized spacial score (nSPS) is 12.0. The second kappa shape index (κ2) is 7.31. The molecule has 0 saturated heterocycles. The number of sulfonamides is 1. The summed E-state index contributed by atoms with van der Waals surface area (Å²) < 4.78 is 28.4. The van der Waals surface area contributed by atoms with Crippen molar-refractivity contribution in [2.24, 2.45) is 0 Å². The van der Waals surface area contributed by atoms with Crippen molar-refractivity contribution in [1.82, 2.24) is 9.47 Å². The van der Waals surface area contributed by atoms with Crippen LogP contribution >= 0.6 is 11.8 Å². The van der Waals surface area contributed by atoms with Crippen molar-refractivity contribution in [3.05, 3.63) is 60.3 Å². The topological polar surface area (TPSA) is 45.6 Å². The number of fused-ring (bicyclic) bond motifs is 1. The molecule has 0 amide bonds. The minimum atomic E-state index is -3.80. The minimum Gasteiger partial charge on any atom is -0.344 e. The molecule has 3 aromatic rings. The van der Waals surface area contributed by atoms with Crippen LogP contribution in [0.4, 0.5) is 5.69 Å². The van der Waals surface area contributed by atoms with E-state index in [0.29, 0.717) is 5.69 Å². The summed E-state index contributed by atoms with van der Waals surface area (Å²) in [6.45, 7) is 3.85. The molecule has 138 valence electrons. The van der Waals surface area contributed by atoms with Crippen molar-refractivity contribution in [2.75, 3.05) is 24.5 Å². The fourth-order valence-electron chi connectivity index (χ4n) is 2.93. The lowest BCUT2D eigenvalue weighted by molar-refractivity contribution is 0.385. The van der Waals surface area contributed by atoms with Crippen molar-refractivity contribution >= 4 is 38.4 Å². The first-order valence-electron chi connectivity index (χ1n) is 8.31. The van der Waals surface area contributed by atoms with Gasteiger partial charge in [-0.3, -0.25) is 0 Å². The Morgan fingerprint density at radius 3 is 2.38 bits per heavy atom. The van der Waals surface area contributed by atoms with Gasteiger partial charge < -0.3 is 9.47 Å². The van der Waals surface area contributed by atoms with E-state index in [4.69, 9.17) is 11.8 Å². The van der Waals surface area contributed by atoms with Gasteiger partial charge in [-0.05, 0) is 57.4 Å². The Morgan fingerprint density at radius 1 is 1.04 bits per heavy atom. The molecular weight excluding hydrogens is 370 g/mol. The van der Waals surface area contributed by atoms with Crippen LogP contribution < -0.4 is 3.82 Å². The van der Waals surface area contributed by atoms with Crippen molar-refractivity contribution in [3.63, 3.8) is 0 Å². The quantitative estimate of drug-likeness (QED) is 0.599. The fraction of sp³-hybridized carbons (Fsp3) is 0.263. The molecule has 0 unspecified atom stereocenters. The zero-order valence-electron chi connectivity index (χ0n) is 15.1. The summed E-state index contributed by atoms with van der Waals surface area (Å²) in [6, 6.07) is 15.7. The van der Waals surface area contributed by atoms with E-state index in [-0.39, 0.29) is 4.90 Å². The molecule has 26 heavy (non-hydrogen) atoms. The van der Waals surface area contributed by atoms with Gasteiger partial charge in [-0.25, -0.2) is 0 Å². The van der Waals surface area contributed by atoms with Crippen LogP contribution in [0.2, 0.25) is 0 Å². The highest BCUT2D eigenvalue weighted by Crippen LogP contribution is 2.30. The van der Waals surface area contributed by atoms with E-state index in [1.165, 1.54) is 12.1 Å². The number of aromatic nitrogens is 1. The van der Waals surface area contributed by atoms with Crippen LogP contribution in [-0.4, -0.2) is 38.5 Å². The molecule has 1 heterocycles. The maximum atomic E-state index is 12.7. The first-order chi connectivity index (χ1) is 12.3. The van der Waals surface area contributed by atoms with Crippen LogP contribution in [0.1, 0.15) is 5.69 Å². The molecule has 0 atom stereocenters. The number of rotatable bonds is 6. The third-order valence-electron chi connectivity index (χ3n) is 4.32. The third-order valence-corrected chi connectivity index (χ3v) is 6.56. The van der Waals surface area contributed by atoms with E-state index in [9.17, 15) is 8.42 Å². The standard InChI is InChI=1S/C19H22ClN3O2S/c1-15-13-16-14-17(9-10-19(16)22(15)12-11-21(2)3)23(20)26(24,25)18-7-5-4-6-8-18/h4-10,13-14H,11-12H2,1-3H3. The largest absolute Gasteiger partial charge is 0.344 e. The summed E-state index contributed by atoms with van der Waals surface area (Å²) in [5, 5.41) is 0.965. The van der Waals surface area contributed by atoms with Crippen LogP contribution in [0, 0.1) is 6.92 Å². The van der Waals surface area contributed by atoms with Gasteiger partial charge in [0.25, 0.3) is 10.0 Å². The van der Waals surface area contributed by atoms with Crippen molar-refractivity contribution in [2.45, 2.75) is 18.4 Å². The molecule has 0 aliphatic carbocycles. The lowest BCUT2D eigenvalue weighted by Gasteiger charge is -2.17. The second-order valence-corrected chi connectivity index (χ2v) is 8.84. The molecule has 2 aromatic carbocycles. The number of likely N-dealkylation sites (N-methyl/N-ethyl adjacent to an activating group) is 1. The van der Waals surface area contributed by atoms with Crippen LogP contribution in [0.3, 0.4) is 0 Å². The number of anilines is 1. The number of hydrogen-bond acceptors (Lipinski definition) is 3. The van der Waals surface area contributed by atoms with Gasteiger partial charge in [0.05, 0.1) is 10.6 Å². The van der Waals surface area contributed by atoms with Crippen molar-refractivity contribution < 1.29 is 8.42 Å². The number of nitrogens with zero attached hydrogens (tertiary/aromatic N) is 3. The van der Waals surface area contributed by atoms with E-state index in [1.807, 2.05) is 32.3 Å². The van der Waals surface area contributed by atoms with Gasteiger partial charge in [0.2, 0.25) is 0 Å². The Morgan fingerprint density at radius 2 is 1.73 bits per heavy atom. The van der Waals surface area contributed by atoms with Gasteiger partial charge in [-0.15, -0.1) is 0 Å². The molecule has 0 radical (unpaired) electrons. The van der Waals surface area contributed by atoms with E-state index in [2.05, 4.69) is 16.4 Å². The Balaban J connectivity index is 1.97. The summed E-state index contributed by atoms with van der Waals surface area (Å²) in [7, 11) is 0.281. The summed E-state index contributed by atoms with van der Waals surface area (Å²) in [5.41, 5.74) is 2.62. The van der Waals surface area contributed by atoms with Crippen LogP contribution in [0.5, 0.6) is 0 Å². The summed E-state index contributed by atoms with van der Waals surface area (Å²) in [4.78, 5) is 2.29. The van der Waals surface area contributed by atoms with Gasteiger partial charge in [0.15, 0.2) is 0 Å². The Labute approximate surface area is 159 Å². The fourth-order valence-corrected chi connectivity index (χ4v) is 4.35. The smallest absolute Gasteiger partial charge is 0.278 e. The molecule has 0 aliphatic rings. The lowest BCUT2D eigenvalue weighted by atomic mass is 10.2. The molecule has 7 heteroatoms. The summed E-state index contributed by atoms with van der Waals surface area (Å²) in [5.74, 6) is 0. The Hall–Kier alpha value is -2.02. The van der Waals surface area contributed by atoms with Gasteiger partial charge in [-0.2, -0.15) is 12.2 Å². The van der Waals surface area contributed by atoms with Gasteiger partial charge in [-0.1, -0.05) is 18.2 Å². The second-order valence-electron chi connectivity index (χ2n) is 6.52. The molecule has 0 saturated carbocycles. The average Bonchev–Trinajstić information content (AvgIpc) is 2.94. The number of benzene rings is 2.